The molecule has 0 aliphatic carbocycles. The molecule has 2 aliphatic rings. The van der Waals surface area contributed by atoms with Crippen molar-refractivity contribution >= 4 is 5.91 Å². The van der Waals surface area contributed by atoms with Crippen LogP contribution < -0.4 is 15.2 Å². The standard InChI is InChI=1S/C16H22N2O3/c17-16(19)13-4-7-18(8-5-13)6-3-12-1-2-14-15(11-12)21-10-9-20-14/h1-2,11,13H,3-10H2,(H2,17,19). The summed E-state index contributed by atoms with van der Waals surface area (Å²) in [4.78, 5) is 13.6. The van der Waals surface area contributed by atoms with Gasteiger partial charge >= 0.3 is 0 Å². The molecule has 2 heterocycles. The second kappa shape index (κ2) is 6.35. The Hall–Kier alpha value is -1.75. The number of primary amides is 1. The maximum Gasteiger partial charge on any atom is 0.220 e. The fraction of sp³-hybridized carbons (Fsp3) is 0.562. The summed E-state index contributed by atoms with van der Waals surface area (Å²) in [7, 11) is 0. The Balaban J connectivity index is 1.50. The van der Waals surface area contributed by atoms with Gasteiger partial charge in [0.1, 0.15) is 13.2 Å². The van der Waals surface area contributed by atoms with Crippen LogP contribution in [-0.4, -0.2) is 43.7 Å². The van der Waals surface area contributed by atoms with Gasteiger partial charge in [-0.25, -0.2) is 0 Å². The second-order valence-corrected chi connectivity index (χ2v) is 5.75. The molecule has 0 spiro atoms. The van der Waals surface area contributed by atoms with Crippen LogP contribution in [0, 0.1) is 5.92 Å². The zero-order chi connectivity index (χ0) is 14.7. The number of carbonyl (C=O) groups is 1. The van der Waals surface area contributed by atoms with Crippen LogP contribution >= 0.6 is 0 Å². The number of fused-ring (bicyclic) bond motifs is 1. The lowest BCUT2D eigenvalue weighted by atomic mass is 9.96. The zero-order valence-electron chi connectivity index (χ0n) is 12.2. The summed E-state index contributed by atoms with van der Waals surface area (Å²) >= 11 is 0. The van der Waals surface area contributed by atoms with Crippen molar-refractivity contribution in [2.75, 3.05) is 32.8 Å². The van der Waals surface area contributed by atoms with E-state index in [1.807, 2.05) is 6.07 Å². The minimum absolute atomic E-state index is 0.0653. The lowest BCUT2D eigenvalue weighted by Crippen LogP contribution is -2.39. The van der Waals surface area contributed by atoms with Gasteiger partial charge in [0.15, 0.2) is 11.5 Å². The zero-order valence-corrected chi connectivity index (χ0v) is 12.2. The van der Waals surface area contributed by atoms with Gasteiger partial charge in [-0.3, -0.25) is 4.79 Å². The van der Waals surface area contributed by atoms with Gasteiger partial charge in [0.2, 0.25) is 5.91 Å². The molecule has 2 aliphatic heterocycles. The molecule has 0 bridgehead atoms. The molecule has 1 fully saturated rings. The second-order valence-electron chi connectivity index (χ2n) is 5.75. The molecular formula is C16H22N2O3. The van der Waals surface area contributed by atoms with Crippen molar-refractivity contribution in [3.63, 3.8) is 0 Å². The van der Waals surface area contributed by atoms with Crippen molar-refractivity contribution < 1.29 is 14.3 Å². The first-order valence-electron chi connectivity index (χ1n) is 7.62. The Labute approximate surface area is 125 Å². The van der Waals surface area contributed by atoms with Crippen LogP contribution in [0.1, 0.15) is 18.4 Å². The van der Waals surface area contributed by atoms with Gasteiger partial charge < -0.3 is 20.1 Å². The molecular weight excluding hydrogens is 268 g/mol. The van der Waals surface area contributed by atoms with Gasteiger partial charge in [-0.15, -0.1) is 0 Å². The van der Waals surface area contributed by atoms with E-state index < -0.39 is 0 Å². The Kier molecular flexibility index (Phi) is 4.29. The van der Waals surface area contributed by atoms with Gasteiger partial charge in [-0.1, -0.05) is 6.07 Å². The molecule has 1 amide bonds. The van der Waals surface area contributed by atoms with E-state index in [-0.39, 0.29) is 11.8 Å². The van der Waals surface area contributed by atoms with E-state index in [0.29, 0.717) is 13.2 Å². The number of rotatable bonds is 4. The van der Waals surface area contributed by atoms with Crippen molar-refractivity contribution in [1.29, 1.82) is 0 Å². The van der Waals surface area contributed by atoms with Crippen molar-refractivity contribution in [3.05, 3.63) is 23.8 Å². The summed E-state index contributed by atoms with van der Waals surface area (Å²) in [5.74, 6) is 1.61. The summed E-state index contributed by atoms with van der Waals surface area (Å²) in [6.45, 7) is 4.17. The molecule has 3 rings (SSSR count). The van der Waals surface area contributed by atoms with E-state index in [4.69, 9.17) is 15.2 Å². The number of piperidine rings is 1. The van der Waals surface area contributed by atoms with Crippen molar-refractivity contribution in [2.45, 2.75) is 19.3 Å². The SMILES string of the molecule is NC(=O)C1CCN(CCc2ccc3c(c2)OCCO3)CC1. The average molecular weight is 290 g/mol. The van der Waals surface area contributed by atoms with E-state index in [9.17, 15) is 4.79 Å². The smallest absolute Gasteiger partial charge is 0.220 e. The van der Waals surface area contributed by atoms with E-state index in [1.54, 1.807) is 0 Å². The van der Waals surface area contributed by atoms with Crippen molar-refractivity contribution in [1.82, 2.24) is 4.90 Å². The van der Waals surface area contributed by atoms with Crippen LogP contribution in [0.3, 0.4) is 0 Å². The Morgan fingerprint density at radius 3 is 2.62 bits per heavy atom. The third-order valence-electron chi connectivity index (χ3n) is 4.31. The van der Waals surface area contributed by atoms with Crippen molar-refractivity contribution in [3.8, 4) is 11.5 Å². The van der Waals surface area contributed by atoms with Gasteiger partial charge in [0.25, 0.3) is 0 Å². The third kappa shape index (κ3) is 3.47. The number of ether oxygens (including phenoxy) is 2. The maximum atomic E-state index is 11.2. The number of likely N-dealkylation sites (tertiary alicyclic amines) is 1. The molecule has 0 saturated carbocycles. The molecule has 5 heteroatoms. The highest BCUT2D eigenvalue weighted by Crippen LogP contribution is 2.31. The molecule has 5 nitrogen and oxygen atoms in total. The number of hydrogen-bond acceptors (Lipinski definition) is 4. The number of nitrogens with zero attached hydrogens (tertiary/aromatic N) is 1. The molecule has 0 radical (unpaired) electrons. The normalized spacial score (nSPS) is 19.4. The topological polar surface area (TPSA) is 64.8 Å². The van der Waals surface area contributed by atoms with Crippen LogP contribution in [0.25, 0.3) is 0 Å². The molecule has 2 N–H and O–H groups in total. The highest BCUT2D eigenvalue weighted by Gasteiger charge is 2.22. The summed E-state index contributed by atoms with van der Waals surface area (Å²) in [5.41, 5.74) is 6.62. The first-order valence-corrected chi connectivity index (χ1v) is 7.62. The number of hydrogen-bond donors (Lipinski definition) is 1. The summed E-state index contributed by atoms with van der Waals surface area (Å²) in [6.07, 6.45) is 2.75. The predicted octanol–water partition coefficient (Wildman–Crippen LogP) is 1.20. The van der Waals surface area contributed by atoms with Gasteiger partial charge in [0.05, 0.1) is 0 Å². The lowest BCUT2D eigenvalue weighted by Gasteiger charge is -2.30. The molecule has 1 aromatic rings. The van der Waals surface area contributed by atoms with Crippen LogP contribution in [0.2, 0.25) is 0 Å². The molecule has 1 saturated heterocycles. The van der Waals surface area contributed by atoms with Crippen LogP contribution in [0.15, 0.2) is 18.2 Å². The summed E-state index contributed by atoms with van der Waals surface area (Å²) in [6, 6.07) is 6.16. The van der Waals surface area contributed by atoms with E-state index in [0.717, 1.165) is 50.4 Å². The minimum atomic E-state index is -0.151. The molecule has 0 aromatic heterocycles. The van der Waals surface area contributed by atoms with Crippen LogP contribution in [-0.2, 0) is 11.2 Å². The van der Waals surface area contributed by atoms with Gasteiger partial charge in [0, 0.05) is 12.5 Å². The van der Waals surface area contributed by atoms with Gasteiger partial charge in [-0.2, -0.15) is 0 Å². The third-order valence-corrected chi connectivity index (χ3v) is 4.31. The van der Waals surface area contributed by atoms with Crippen LogP contribution in [0.4, 0.5) is 0 Å². The number of nitrogens with two attached hydrogens (primary N) is 1. The Morgan fingerprint density at radius 2 is 1.90 bits per heavy atom. The van der Waals surface area contributed by atoms with Gasteiger partial charge in [-0.05, 0) is 50.0 Å². The maximum absolute atomic E-state index is 11.2. The molecule has 0 atom stereocenters. The first-order chi connectivity index (χ1) is 10.2. The fourth-order valence-corrected chi connectivity index (χ4v) is 2.97. The first kappa shape index (κ1) is 14.2. The molecule has 0 unspecified atom stereocenters. The van der Waals surface area contributed by atoms with E-state index in [1.165, 1.54) is 5.56 Å². The predicted molar refractivity (Wildman–Crippen MR) is 79.5 cm³/mol. The number of benzene rings is 1. The summed E-state index contributed by atoms with van der Waals surface area (Å²) < 4.78 is 11.1. The van der Waals surface area contributed by atoms with Crippen molar-refractivity contribution in [2.24, 2.45) is 11.7 Å². The van der Waals surface area contributed by atoms with Crippen LogP contribution in [0.5, 0.6) is 11.5 Å². The Bertz CT molecular complexity index is 510. The lowest BCUT2D eigenvalue weighted by molar-refractivity contribution is -0.123. The Morgan fingerprint density at radius 1 is 1.19 bits per heavy atom. The minimum Gasteiger partial charge on any atom is -0.486 e. The molecule has 21 heavy (non-hydrogen) atoms. The monoisotopic (exact) mass is 290 g/mol. The number of carbonyl (C=O) groups excluding carboxylic acids is 1. The quantitative estimate of drug-likeness (QED) is 0.905. The molecule has 1 aromatic carbocycles. The summed E-state index contributed by atoms with van der Waals surface area (Å²) in [5, 5.41) is 0. The molecule has 114 valence electrons. The average Bonchev–Trinajstić information content (AvgIpc) is 2.53. The number of amides is 1. The van der Waals surface area contributed by atoms with E-state index in [2.05, 4.69) is 17.0 Å². The highest BCUT2D eigenvalue weighted by molar-refractivity contribution is 5.76. The largest absolute Gasteiger partial charge is 0.486 e. The van der Waals surface area contributed by atoms with E-state index >= 15 is 0 Å². The highest BCUT2D eigenvalue weighted by atomic mass is 16.6. The fourth-order valence-electron chi connectivity index (χ4n) is 2.97.